The molecule has 1 aromatic rings. The van der Waals surface area contributed by atoms with E-state index in [-0.39, 0.29) is 12.5 Å². The van der Waals surface area contributed by atoms with Gasteiger partial charge >= 0.3 is 0 Å². The average Bonchev–Trinajstić information content (AvgIpc) is 2.38. The minimum atomic E-state index is -0.720. The maximum Gasteiger partial charge on any atom is 0.224 e. The molecule has 98 valence electrons. The van der Waals surface area contributed by atoms with Gasteiger partial charge in [-0.05, 0) is 23.6 Å². The summed E-state index contributed by atoms with van der Waals surface area (Å²) in [6.45, 7) is 0.770. The standard InChI is InChI=1S/C13H18N2O3/c16-8-11(17)7-14-6-9-1-3-12-10(5-9)2-4-13(18)15-12/h1,3,5,11,14,16-17H,2,4,6-8H2,(H,15,18). The number of benzene rings is 1. The molecule has 5 nitrogen and oxygen atoms in total. The molecule has 0 saturated heterocycles. The Morgan fingerprint density at radius 3 is 3.00 bits per heavy atom. The maximum absolute atomic E-state index is 11.2. The Morgan fingerprint density at radius 1 is 1.39 bits per heavy atom. The Labute approximate surface area is 106 Å². The van der Waals surface area contributed by atoms with Crippen LogP contribution in [0.4, 0.5) is 5.69 Å². The third-order valence-corrected chi connectivity index (χ3v) is 2.98. The van der Waals surface area contributed by atoms with E-state index in [1.165, 1.54) is 0 Å². The molecule has 1 aromatic carbocycles. The number of carbonyl (C=O) groups excluding carboxylic acids is 1. The summed E-state index contributed by atoms with van der Waals surface area (Å²) in [4.78, 5) is 11.2. The van der Waals surface area contributed by atoms with Crippen LogP contribution in [0.15, 0.2) is 18.2 Å². The lowest BCUT2D eigenvalue weighted by molar-refractivity contribution is -0.116. The number of carbonyl (C=O) groups is 1. The molecular weight excluding hydrogens is 232 g/mol. The van der Waals surface area contributed by atoms with Gasteiger partial charge in [-0.3, -0.25) is 4.79 Å². The first-order chi connectivity index (χ1) is 8.69. The van der Waals surface area contributed by atoms with Gasteiger partial charge in [0.2, 0.25) is 5.91 Å². The van der Waals surface area contributed by atoms with Gasteiger partial charge in [0, 0.05) is 25.2 Å². The number of amides is 1. The van der Waals surface area contributed by atoms with E-state index < -0.39 is 6.10 Å². The number of aliphatic hydroxyl groups excluding tert-OH is 2. The first-order valence-electron chi connectivity index (χ1n) is 6.10. The molecule has 1 amide bonds. The fraction of sp³-hybridized carbons (Fsp3) is 0.462. The number of nitrogens with one attached hydrogen (secondary N) is 2. The zero-order valence-electron chi connectivity index (χ0n) is 10.1. The van der Waals surface area contributed by atoms with Gasteiger partial charge in [0.1, 0.15) is 0 Å². The molecule has 0 aromatic heterocycles. The van der Waals surface area contributed by atoms with Crippen molar-refractivity contribution in [3.8, 4) is 0 Å². The van der Waals surface area contributed by atoms with Crippen LogP contribution in [0.2, 0.25) is 0 Å². The van der Waals surface area contributed by atoms with Crippen LogP contribution in [-0.2, 0) is 17.8 Å². The number of anilines is 1. The first-order valence-corrected chi connectivity index (χ1v) is 6.10. The molecule has 0 fully saturated rings. The van der Waals surface area contributed by atoms with Crippen molar-refractivity contribution in [2.24, 2.45) is 0 Å². The van der Waals surface area contributed by atoms with E-state index in [9.17, 15) is 9.90 Å². The van der Waals surface area contributed by atoms with Crippen LogP contribution in [0.5, 0.6) is 0 Å². The summed E-state index contributed by atoms with van der Waals surface area (Å²) < 4.78 is 0. The van der Waals surface area contributed by atoms with Crippen LogP contribution in [-0.4, -0.2) is 35.4 Å². The molecule has 2 rings (SSSR count). The molecule has 1 atom stereocenters. The second-order valence-corrected chi connectivity index (χ2v) is 4.51. The van der Waals surface area contributed by atoms with Crippen molar-refractivity contribution >= 4 is 11.6 Å². The van der Waals surface area contributed by atoms with E-state index in [0.717, 1.165) is 23.2 Å². The summed E-state index contributed by atoms with van der Waals surface area (Å²) in [6, 6.07) is 5.92. The summed E-state index contributed by atoms with van der Waals surface area (Å²) in [5, 5.41) is 23.8. The maximum atomic E-state index is 11.2. The highest BCUT2D eigenvalue weighted by molar-refractivity contribution is 5.93. The van der Waals surface area contributed by atoms with Gasteiger partial charge in [-0.2, -0.15) is 0 Å². The van der Waals surface area contributed by atoms with Gasteiger partial charge in [-0.1, -0.05) is 12.1 Å². The van der Waals surface area contributed by atoms with Crippen LogP contribution < -0.4 is 10.6 Å². The van der Waals surface area contributed by atoms with Crippen LogP contribution in [0.1, 0.15) is 17.5 Å². The molecule has 0 radical (unpaired) electrons. The Balaban J connectivity index is 1.93. The second kappa shape index (κ2) is 5.95. The van der Waals surface area contributed by atoms with Crippen molar-refractivity contribution in [2.45, 2.75) is 25.5 Å². The number of hydrogen-bond donors (Lipinski definition) is 4. The number of aliphatic hydroxyl groups is 2. The quantitative estimate of drug-likeness (QED) is 0.593. The lowest BCUT2D eigenvalue weighted by Gasteiger charge is -2.18. The minimum absolute atomic E-state index is 0.0689. The monoisotopic (exact) mass is 250 g/mol. The Kier molecular flexibility index (Phi) is 4.30. The van der Waals surface area contributed by atoms with Gasteiger partial charge in [-0.25, -0.2) is 0 Å². The average molecular weight is 250 g/mol. The lowest BCUT2D eigenvalue weighted by atomic mass is 10.0. The van der Waals surface area contributed by atoms with E-state index in [1.807, 2.05) is 12.1 Å². The highest BCUT2D eigenvalue weighted by atomic mass is 16.3. The molecule has 5 heteroatoms. The number of rotatable bonds is 5. The molecule has 0 aliphatic carbocycles. The van der Waals surface area contributed by atoms with Gasteiger partial charge in [0.05, 0.1) is 12.7 Å². The van der Waals surface area contributed by atoms with Gasteiger partial charge in [0.15, 0.2) is 0 Å². The zero-order chi connectivity index (χ0) is 13.0. The highest BCUT2D eigenvalue weighted by Gasteiger charge is 2.14. The molecular formula is C13H18N2O3. The smallest absolute Gasteiger partial charge is 0.224 e. The normalized spacial score (nSPS) is 16.0. The molecule has 1 unspecified atom stereocenters. The predicted octanol–water partition coefficient (Wildman–Crippen LogP) is 0.0141. The van der Waals surface area contributed by atoms with E-state index in [4.69, 9.17) is 5.11 Å². The predicted molar refractivity (Wildman–Crippen MR) is 68.2 cm³/mol. The second-order valence-electron chi connectivity index (χ2n) is 4.51. The number of fused-ring (bicyclic) bond motifs is 1. The van der Waals surface area contributed by atoms with E-state index >= 15 is 0 Å². The third-order valence-electron chi connectivity index (χ3n) is 2.98. The van der Waals surface area contributed by atoms with Crippen LogP contribution >= 0.6 is 0 Å². The van der Waals surface area contributed by atoms with E-state index in [1.54, 1.807) is 0 Å². The fourth-order valence-electron chi connectivity index (χ4n) is 1.99. The Morgan fingerprint density at radius 2 is 2.22 bits per heavy atom. The molecule has 0 saturated carbocycles. The molecule has 18 heavy (non-hydrogen) atoms. The zero-order valence-corrected chi connectivity index (χ0v) is 10.1. The molecule has 1 aliphatic rings. The van der Waals surface area contributed by atoms with Crippen LogP contribution in [0.3, 0.4) is 0 Å². The Hall–Kier alpha value is -1.43. The fourth-order valence-corrected chi connectivity index (χ4v) is 1.99. The van der Waals surface area contributed by atoms with Crippen molar-refractivity contribution in [1.82, 2.24) is 5.32 Å². The minimum Gasteiger partial charge on any atom is -0.394 e. The summed E-state index contributed by atoms with van der Waals surface area (Å²) in [6.07, 6.45) is 0.586. The number of hydrogen-bond acceptors (Lipinski definition) is 4. The number of aryl methyl sites for hydroxylation is 1. The topological polar surface area (TPSA) is 81.6 Å². The molecule has 4 N–H and O–H groups in total. The van der Waals surface area contributed by atoms with Crippen LogP contribution in [0.25, 0.3) is 0 Å². The molecule has 1 heterocycles. The van der Waals surface area contributed by atoms with Crippen molar-refractivity contribution < 1.29 is 15.0 Å². The molecule has 0 bridgehead atoms. The van der Waals surface area contributed by atoms with Crippen molar-refractivity contribution in [2.75, 3.05) is 18.5 Å². The summed E-state index contributed by atoms with van der Waals surface area (Å²) >= 11 is 0. The van der Waals surface area contributed by atoms with Crippen LogP contribution in [0, 0.1) is 0 Å². The molecule has 0 spiro atoms. The van der Waals surface area contributed by atoms with Crippen molar-refractivity contribution in [3.05, 3.63) is 29.3 Å². The van der Waals surface area contributed by atoms with E-state index in [0.29, 0.717) is 19.5 Å². The van der Waals surface area contributed by atoms with Crippen molar-refractivity contribution in [3.63, 3.8) is 0 Å². The third kappa shape index (κ3) is 3.29. The van der Waals surface area contributed by atoms with E-state index in [2.05, 4.69) is 16.7 Å². The summed E-state index contributed by atoms with van der Waals surface area (Å²) in [5.41, 5.74) is 3.15. The Bertz CT molecular complexity index is 434. The molecule has 1 aliphatic heterocycles. The van der Waals surface area contributed by atoms with Crippen molar-refractivity contribution in [1.29, 1.82) is 0 Å². The van der Waals surface area contributed by atoms with Gasteiger partial charge in [0.25, 0.3) is 0 Å². The highest BCUT2D eigenvalue weighted by Crippen LogP contribution is 2.23. The summed E-state index contributed by atoms with van der Waals surface area (Å²) in [7, 11) is 0. The van der Waals surface area contributed by atoms with Gasteiger partial charge in [-0.15, -0.1) is 0 Å². The lowest BCUT2D eigenvalue weighted by Crippen LogP contribution is -2.29. The summed E-state index contributed by atoms with van der Waals surface area (Å²) in [5.74, 6) is 0.0689. The largest absolute Gasteiger partial charge is 0.394 e. The SMILES string of the molecule is O=C1CCc2cc(CNCC(O)CO)ccc2N1. The van der Waals surface area contributed by atoms with Gasteiger partial charge < -0.3 is 20.8 Å². The first kappa shape index (κ1) is 13.0.